The summed E-state index contributed by atoms with van der Waals surface area (Å²) in [6.45, 7) is 5.64. The van der Waals surface area contributed by atoms with E-state index in [4.69, 9.17) is 11.6 Å². The molecule has 0 aliphatic carbocycles. The number of benzene rings is 1. The Morgan fingerprint density at radius 3 is 2.88 bits per heavy atom. The van der Waals surface area contributed by atoms with Crippen LogP contribution in [0.4, 0.5) is 0 Å². The number of nitrogens with one attached hydrogen (secondary N) is 2. The molecule has 0 aliphatic rings. The highest BCUT2D eigenvalue weighted by molar-refractivity contribution is 6.30. The highest BCUT2D eigenvalue weighted by atomic mass is 35.5. The van der Waals surface area contributed by atoms with Gasteiger partial charge in [-0.25, -0.2) is 0 Å². The maximum absolute atomic E-state index is 11.7. The van der Waals surface area contributed by atoms with Gasteiger partial charge in [0.2, 0.25) is 5.91 Å². The number of halogens is 1. The zero-order valence-electron chi connectivity index (χ0n) is 10.3. The lowest BCUT2D eigenvalue weighted by molar-refractivity contribution is -0.120. The molecular formula is C13H19ClN2O. The van der Waals surface area contributed by atoms with E-state index in [0.717, 1.165) is 12.1 Å². The molecule has 0 bridgehead atoms. The van der Waals surface area contributed by atoms with Crippen LogP contribution < -0.4 is 10.6 Å². The van der Waals surface area contributed by atoms with Gasteiger partial charge in [0.1, 0.15) is 0 Å². The fourth-order valence-corrected chi connectivity index (χ4v) is 1.80. The van der Waals surface area contributed by atoms with Gasteiger partial charge in [-0.3, -0.25) is 4.79 Å². The van der Waals surface area contributed by atoms with E-state index in [1.54, 1.807) is 6.07 Å². The van der Waals surface area contributed by atoms with Crippen LogP contribution in [-0.4, -0.2) is 25.0 Å². The van der Waals surface area contributed by atoms with Crippen LogP contribution in [0, 0.1) is 0 Å². The highest BCUT2D eigenvalue weighted by Gasteiger charge is 2.05. The van der Waals surface area contributed by atoms with Gasteiger partial charge in [-0.15, -0.1) is 0 Å². The number of carbonyl (C=O) groups is 1. The lowest BCUT2D eigenvalue weighted by atomic mass is 10.1. The van der Waals surface area contributed by atoms with Crippen LogP contribution in [-0.2, 0) is 11.2 Å². The lowest BCUT2D eigenvalue weighted by Crippen LogP contribution is -2.39. The van der Waals surface area contributed by atoms with E-state index in [2.05, 4.69) is 10.6 Å². The van der Waals surface area contributed by atoms with Gasteiger partial charge in [-0.1, -0.05) is 30.7 Å². The Labute approximate surface area is 108 Å². The third kappa shape index (κ3) is 5.71. The number of carbonyl (C=O) groups excluding carboxylic acids is 1. The smallest absolute Gasteiger partial charge is 0.224 e. The summed E-state index contributed by atoms with van der Waals surface area (Å²) < 4.78 is 0. The van der Waals surface area contributed by atoms with Gasteiger partial charge < -0.3 is 10.6 Å². The fraction of sp³-hybridized carbons (Fsp3) is 0.462. The Morgan fingerprint density at radius 2 is 2.24 bits per heavy atom. The number of likely N-dealkylation sites (N-methyl/N-ethyl adjacent to an activating group) is 1. The summed E-state index contributed by atoms with van der Waals surface area (Å²) in [5.41, 5.74) is 0.936. The summed E-state index contributed by atoms with van der Waals surface area (Å²) in [5, 5.41) is 6.79. The number of hydrogen-bond acceptors (Lipinski definition) is 2. The summed E-state index contributed by atoms with van der Waals surface area (Å²) in [7, 11) is 0. The standard InChI is InChI=1S/C13H19ClN2O/c1-3-15-10(2)9-16-13(17)8-11-5-4-6-12(14)7-11/h4-7,10,15H,3,8-9H2,1-2H3,(H,16,17)/t10-/m1/s1. The van der Waals surface area contributed by atoms with Gasteiger partial charge in [-0.2, -0.15) is 0 Å². The third-order valence-corrected chi connectivity index (χ3v) is 2.65. The SMILES string of the molecule is CCN[C@H](C)CNC(=O)Cc1cccc(Cl)c1. The maximum atomic E-state index is 11.7. The van der Waals surface area contributed by atoms with Gasteiger partial charge in [-0.05, 0) is 31.2 Å². The van der Waals surface area contributed by atoms with Crippen molar-refractivity contribution in [3.63, 3.8) is 0 Å². The third-order valence-electron chi connectivity index (χ3n) is 2.41. The van der Waals surface area contributed by atoms with Crippen molar-refractivity contribution >= 4 is 17.5 Å². The molecule has 4 heteroatoms. The molecule has 1 aromatic carbocycles. The van der Waals surface area contributed by atoms with Crippen LogP contribution in [0.15, 0.2) is 24.3 Å². The zero-order chi connectivity index (χ0) is 12.7. The van der Waals surface area contributed by atoms with E-state index in [-0.39, 0.29) is 5.91 Å². The minimum absolute atomic E-state index is 0.0250. The van der Waals surface area contributed by atoms with Crippen LogP contribution >= 0.6 is 11.6 Å². The summed E-state index contributed by atoms with van der Waals surface area (Å²) in [4.78, 5) is 11.7. The molecule has 0 aromatic heterocycles. The second kappa shape index (κ2) is 7.30. The molecule has 0 heterocycles. The van der Waals surface area contributed by atoms with Crippen LogP contribution in [0.3, 0.4) is 0 Å². The molecule has 0 saturated heterocycles. The Balaban J connectivity index is 2.34. The predicted octanol–water partition coefficient (Wildman–Crippen LogP) is 2.00. The second-order valence-electron chi connectivity index (χ2n) is 4.07. The van der Waals surface area contributed by atoms with Crippen molar-refractivity contribution in [2.24, 2.45) is 0 Å². The van der Waals surface area contributed by atoms with Crippen molar-refractivity contribution in [2.75, 3.05) is 13.1 Å². The molecule has 0 fully saturated rings. The van der Waals surface area contributed by atoms with Crippen LogP contribution in [0.25, 0.3) is 0 Å². The van der Waals surface area contributed by atoms with Crippen LogP contribution in [0.1, 0.15) is 19.4 Å². The molecule has 1 atom stereocenters. The van der Waals surface area contributed by atoms with Crippen molar-refractivity contribution in [3.05, 3.63) is 34.9 Å². The van der Waals surface area contributed by atoms with Gasteiger partial charge >= 0.3 is 0 Å². The highest BCUT2D eigenvalue weighted by Crippen LogP contribution is 2.10. The van der Waals surface area contributed by atoms with Crippen LogP contribution in [0.2, 0.25) is 5.02 Å². The molecule has 94 valence electrons. The Bertz CT molecular complexity index is 368. The summed E-state index contributed by atoms with van der Waals surface area (Å²) in [6, 6.07) is 7.67. The van der Waals surface area contributed by atoms with E-state index in [9.17, 15) is 4.79 Å². The van der Waals surface area contributed by atoms with Crippen molar-refractivity contribution in [1.82, 2.24) is 10.6 Å². The van der Waals surface area contributed by atoms with E-state index in [1.807, 2.05) is 32.0 Å². The average Bonchev–Trinajstić information content (AvgIpc) is 2.27. The quantitative estimate of drug-likeness (QED) is 0.815. The molecule has 0 radical (unpaired) electrons. The Kier molecular flexibility index (Phi) is 6.01. The number of hydrogen-bond donors (Lipinski definition) is 2. The Hall–Kier alpha value is -1.06. The molecule has 0 aliphatic heterocycles. The van der Waals surface area contributed by atoms with E-state index < -0.39 is 0 Å². The lowest BCUT2D eigenvalue weighted by Gasteiger charge is -2.13. The molecule has 0 saturated carbocycles. The van der Waals surface area contributed by atoms with Crippen LogP contribution in [0.5, 0.6) is 0 Å². The molecule has 2 N–H and O–H groups in total. The normalized spacial score (nSPS) is 12.2. The topological polar surface area (TPSA) is 41.1 Å². The minimum Gasteiger partial charge on any atom is -0.354 e. The van der Waals surface area contributed by atoms with Crippen molar-refractivity contribution in [3.8, 4) is 0 Å². The first kappa shape index (κ1) is 14.0. The molecular weight excluding hydrogens is 236 g/mol. The first-order chi connectivity index (χ1) is 8.11. The van der Waals surface area contributed by atoms with E-state index >= 15 is 0 Å². The number of rotatable bonds is 6. The van der Waals surface area contributed by atoms with Crippen molar-refractivity contribution in [2.45, 2.75) is 26.3 Å². The van der Waals surface area contributed by atoms with Crippen molar-refractivity contribution in [1.29, 1.82) is 0 Å². The molecule has 0 spiro atoms. The van der Waals surface area contributed by atoms with Gasteiger partial charge in [0.05, 0.1) is 6.42 Å². The molecule has 1 aromatic rings. The molecule has 0 unspecified atom stereocenters. The van der Waals surface area contributed by atoms with Gasteiger partial charge in [0, 0.05) is 17.6 Å². The largest absolute Gasteiger partial charge is 0.354 e. The maximum Gasteiger partial charge on any atom is 0.224 e. The van der Waals surface area contributed by atoms with E-state index in [0.29, 0.717) is 24.0 Å². The molecule has 17 heavy (non-hydrogen) atoms. The Morgan fingerprint density at radius 1 is 1.47 bits per heavy atom. The van der Waals surface area contributed by atoms with Gasteiger partial charge in [0.15, 0.2) is 0 Å². The first-order valence-corrected chi connectivity index (χ1v) is 6.24. The second-order valence-corrected chi connectivity index (χ2v) is 4.51. The summed E-state index contributed by atoms with van der Waals surface area (Å²) in [6.07, 6.45) is 0.374. The molecule has 1 rings (SSSR count). The van der Waals surface area contributed by atoms with E-state index in [1.165, 1.54) is 0 Å². The molecule has 3 nitrogen and oxygen atoms in total. The zero-order valence-corrected chi connectivity index (χ0v) is 11.1. The number of amides is 1. The molecule has 1 amide bonds. The minimum atomic E-state index is 0.0250. The summed E-state index contributed by atoms with van der Waals surface area (Å²) in [5.74, 6) is 0.0250. The average molecular weight is 255 g/mol. The predicted molar refractivity (Wildman–Crippen MR) is 71.3 cm³/mol. The monoisotopic (exact) mass is 254 g/mol. The van der Waals surface area contributed by atoms with Gasteiger partial charge in [0.25, 0.3) is 0 Å². The fourth-order valence-electron chi connectivity index (χ4n) is 1.58. The summed E-state index contributed by atoms with van der Waals surface area (Å²) >= 11 is 5.86. The first-order valence-electron chi connectivity index (χ1n) is 5.86. The van der Waals surface area contributed by atoms with Crippen molar-refractivity contribution < 1.29 is 4.79 Å².